The number of likely N-dealkylation sites (N-methyl/N-ethyl adjacent to an activating group) is 1. The maximum atomic E-state index is 2.50. The Kier molecular flexibility index (Phi) is 3.68. The zero-order valence-electron chi connectivity index (χ0n) is 14.6. The number of allylic oxidation sites excluding steroid dienone is 1. The molecule has 0 atom stereocenters. The molecule has 2 aliphatic rings. The third kappa shape index (κ3) is 2.57. The molecule has 3 heteroatoms. The van der Waals surface area contributed by atoms with Crippen molar-refractivity contribution in [3.63, 3.8) is 0 Å². The summed E-state index contributed by atoms with van der Waals surface area (Å²) < 4.78 is 2.50. The topological polar surface area (TPSA) is 11.4 Å². The molecule has 1 aromatic carbocycles. The third-order valence-corrected chi connectivity index (χ3v) is 5.54. The molecule has 122 valence electrons. The van der Waals surface area contributed by atoms with Crippen LogP contribution in [0.5, 0.6) is 0 Å². The minimum Gasteiger partial charge on any atom is -0.377 e. The average Bonchev–Trinajstić information content (AvgIpc) is 2.98. The zero-order valence-corrected chi connectivity index (χ0v) is 14.6. The van der Waals surface area contributed by atoms with Gasteiger partial charge in [-0.1, -0.05) is 11.6 Å². The molecule has 23 heavy (non-hydrogen) atoms. The van der Waals surface area contributed by atoms with Crippen molar-refractivity contribution in [2.75, 3.05) is 33.7 Å². The van der Waals surface area contributed by atoms with Gasteiger partial charge in [-0.25, -0.2) is 0 Å². The quantitative estimate of drug-likeness (QED) is 0.799. The molecular weight excluding hydrogens is 282 g/mol. The SMILES string of the molecule is Cc1ccc2c(c1)c1c(n2C=C2CCCN2C)CCN(C)CC1. The van der Waals surface area contributed by atoms with E-state index >= 15 is 0 Å². The van der Waals surface area contributed by atoms with Gasteiger partial charge in [0.1, 0.15) is 0 Å². The molecule has 0 unspecified atom stereocenters. The Balaban J connectivity index is 1.92. The molecule has 0 N–H and O–H groups in total. The van der Waals surface area contributed by atoms with Crippen LogP contribution in [0.1, 0.15) is 29.7 Å². The summed E-state index contributed by atoms with van der Waals surface area (Å²) in [6, 6.07) is 6.95. The van der Waals surface area contributed by atoms with Crippen molar-refractivity contribution < 1.29 is 0 Å². The number of hydrogen-bond acceptors (Lipinski definition) is 2. The lowest BCUT2D eigenvalue weighted by Gasteiger charge is -2.15. The van der Waals surface area contributed by atoms with E-state index in [4.69, 9.17) is 0 Å². The monoisotopic (exact) mass is 309 g/mol. The van der Waals surface area contributed by atoms with E-state index in [-0.39, 0.29) is 0 Å². The average molecular weight is 309 g/mol. The summed E-state index contributed by atoms with van der Waals surface area (Å²) in [7, 11) is 4.47. The lowest BCUT2D eigenvalue weighted by Crippen LogP contribution is -2.21. The minimum absolute atomic E-state index is 1.15. The summed E-state index contributed by atoms with van der Waals surface area (Å²) in [4.78, 5) is 4.87. The van der Waals surface area contributed by atoms with Crippen LogP contribution in [0.15, 0.2) is 23.9 Å². The molecule has 2 aromatic rings. The largest absolute Gasteiger partial charge is 0.377 e. The molecule has 0 bridgehead atoms. The molecule has 0 saturated carbocycles. The number of rotatable bonds is 1. The van der Waals surface area contributed by atoms with Gasteiger partial charge in [0.2, 0.25) is 0 Å². The van der Waals surface area contributed by atoms with E-state index in [1.165, 1.54) is 47.2 Å². The van der Waals surface area contributed by atoms with Gasteiger partial charge < -0.3 is 14.4 Å². The smallest absolute Gasteiger partial charge is 0.0529 e. The number of aromatic nitrogens is 1. The molecule has 4 rings (SSSR count). The van der Waals surface area contributed by atoms with Gasteiger partial charge in [0.05, 0.1) is 5.52 Å². The van der Waals surface area contributed by atoms with E-state index < -0.39 is 0 Å². The van der Waals surface area contributed by atoms with E-state index in [9.17, 15) is 0 Å². The van der Waals surface area contributed by atoms with Gasteiger partial charge in [-0.3, -0.25) is 0 Å². The Bertz CT molecular complexity index is 769. The molecule has 2 aliphatic heterocycles. The fourth-order valence-electron chi connectivity index (χ4n) is 4.10. The van der Waals surface area contributed by atoms with E-state index in [2.05, 4.69) is 59.8 Å². The normalized spacial score (nSPS) is 21.2. The molecule has 0 radical (unpaired) electrons. The van der Waals surface area contributed by atoms with Gasteiger partial charge in [0.15, 0.2) is 0 Å². The van der Waals surface area contributed by atoms with E-state index in [0.29, 0.717) is 0 Å². The van der Waals surface area contributed by atoms with Crippen LogP contribution in [-0.2, 0) is 12.8 Å². The second-order valence-electron chi connectivity index (χ2n) is 7.26. The van der Waals surface area contributed by atoms with Crippen molar-refractivity contribution in [1.82, 2.24) is 14.4 Å². The summed E-state index contributed by atoms with van der Waals surface area (Å²) in [5.41, 5.74) is 7.33. The number of benzene rings is 1. The highest BCUT2D eigenvalue weighted by molar-refractivity contribution is 5.88. The highest BCUT2D eigenvalue weighted by Gasteiger charge is 2.21. The van der Waals surface area contributed by atoms with Crippen LogP contribution >= 0.6 is 0 Å². The van der Waals surface area contributed by atoms with E-state index in [0.717, 1.165) is 25.9 Å². The van der Waals surface area contributed by atoms with Crippen molar-refractivity contribution in [2.24, 2.45) is 0 Å². The Morgan fingerprint density at radius 3 is 2.61 bits per heavy atom. The lowest BCUT2D eigenvalue weighted by atomic mass is 10.1. The Morgan fingerprint density at radius 1 is 1.00 bits per heavy atom. The Labute approximate surface area is 139 Å². The van der Waals surface area contributed by atoms with Gasteiger partial charge in [-0.15, -0.1) is 0 Å². The Morgan fingerprint density at radius 2 is 1.83 bits per heavy atom. The molecule has 3 heterocycles. The van der Waals surface area contributed by atoms with Crippen LogP contribution in [-0.4, -0.2) is 48.1 Å². The maximum Gasteiger partial charge on any atom is 0.0529 e. The fourth-order valence-corrected chi connectivity index (χ4v) is 4.10. The summed E-state index contributed by atoms with van der Waals surface area (Å²) in [5, 5.41) is 1.47. The first-order valence-electron chi connectivity index (χ1n) is 8.86. The molecule has 0 spiro atoms. The minimum atomic E-state index is 1.15. The van der Waals surface area contributed by atoms with Crippen LogP contribution in [0.25, 0.3) is 17.1 Å². The summed E-state index contributed by atoms with van der Waals surface area (Å²) in [6.07, 6.45) is 7.21. The van der Waals surface area contributed by atoms with E-state index in [1.54, 1.807) is 5.56 Å². The van der Waals surface area contributed by atoms with Crippen molar-refractivity contribution in [1.29, 1.82) is 0 Å². The van der Waals surface area contributed by atoms with Crippen molar-refractivity contribution in [2.45, 2.75) is 32.6 Å². The molecule has 1 fully saturated rings. The highest BCUT2D eigenvalue weighted by atomic mass is 15.1. The molecule has 3 nitrogen and oxygen atoms in total. The molecule has 0 amide bonds. The predicted molar refractivity (Wildman–Crippen MR) is 97.7 cm³/mol. The van der Waals surface area contributed by atoms with Gasteiger partial charge in [0, 0.05) is 56.1 Å². The van der Waals surface area contributed by atoms with Gasteiger partial charge in [0.25, 0.3) is 0 Å². The standard InChI is InChI=1S/C20H27N3/c1-15-6-7-19-18(13-15)17-8-11-21(2)12-9-20(17)23(19)14-16-5-4-10-22(16)3/h6-7,13-14H,4-5,8-12H2,1-3H3. The van der Waals surface area contributed by atoms with Crippen LogP contribution in [0.3, 0.4) is 0 Å². The van der Waals surface area contributed by atoms with Crippen molar-refractivity contribution in [3.05, 3.63) is 40.7 Å². The first-order chi connectivity index (χ1) is 11.1. The number of aryl methyl sites for hydroxylation is 1. The molecule has 1 saturated heterocycles. The highest BCUT2D eigenvalue weighted by Crippen LogP contribution is 2.32. The van der Waals surface area contributed by atoms with Crippen molar-refractivity contribution in [3.8, 4) is 0 Å². The first kappa shape index (κ1) is 14.8. The third-order valence-electron chi connectivity index (χ3n) is 5.54. The fraction of sp³-hybridized carbons (Fsp3) is 0.500. The van der Waals surface area contributed by atoms with Gasteiger partial charge >= 0.3 is 0 Å². The van der Waals surface area contributed by atoms with Crippen LogP contribution in [0.4, 0.5) is 0 Å². The van der Waals surface area contributed by atoms with Gasteiger partial charge in [-0.05, 0) is 50.9 Å². The number of likely N-dealkylation sites (tertiary alicyclic amines) is 1. The van der Waals surface area contributed by atoms with E-state index in [1.807, 2.05) is 0 Å². The second kappa shape index (κ2) is 5.72. The first-order valence-corrected chi connectivity index (χ1v) is 8.86. The maximum absolute atomic E-state index is 2.50. The van der Waals surface area contributed by atoms with Crippen LogP contribution in [0.2, 0.25) is 0 Å². The molecule has 1 aromatic heterocycles. The summed E-state index contributed by atoms with van der Waals surface area (Å²) in [6.45, 7) is 5.71. The number of nitrogens with zero attached hydrogens (tertiary/aromatic N) is 3. The zero-order chi connectivity index (χ0) is 16.0. The van der Waals surface area contributed by atoms with Gasteiger partial charge in [-0.2, -0.15) is 0 Å². The Hall–Kier alpha value is -1.74. The molecule has 0 aliphatic carbocycles. The lowest BCUT2D eigenvalue weighted by molar-refractivity contribution is 0.351. The number of hydrogen-bond donors (Lipinski definition) is 0. The predicted octanol–water partition coefficient (Wildman–Crippen LogP) is 3.50. The van der Waals surface area contributed by atoms with Crippen LogP contribution in [0, 0.1) is 6.92 Å². The number of fused-ring (bicyclic) bond motifs is 3. The van der Waals surface area contributed by atoms with Crippen molar-refractivity contribution >= 4 is 17.1 Å². The summed E-state index contributed by atoms with van der Waals surface area (Å²) in [5.74, 6) is 0. The molecular formula is C20H27N3. The summed E-state index contributed by atoms with van der Waals surface area (Å²) >= 11 is 0. The second-order valence-corrected chi connectivity index (χ2v) is 7.26. The van der Waals surface area contributed by atoms with Crippen LogP contribution < -0.4 is 0 Å².